The van der Waals surface area contributed by atoms with E-state index in [1.807, 2.05) is 17.7 Å². The van der Waals surface area contributed by atoms with Crippen molar-refractivity contribution >= 4 is 40.1 Å². The number of oxazole rings is 1. The van der Waals surface area contributed by atoms with Gasteiger partial charge in [0, 0.05) is 7.05 Å². The molecule has 7 heteroatoms. The molecule has 0 unspecified atom stereocenters. The molecule has 2 N–H and O–H groups in total. The number of carboxylic acid groups (broad SMARTS) is 1. The summed E-state index contributed by atoms with van der Waals surface area (Å²) in [5.74, 6) is 0.221. The Morgan fingerprint density at radius 2 is 1.93 bits per heavy atom. The van der Waals surface area contributed by atoms with Gasteiger partial charge in [-0.2, -0.15) is 4.98 Å². The molecular formula is C22H24N4O3. The SMILES string of the molecule is CCC.Cn1c(Nc2nc3ccc(C4CC4)cc3o2)nc2cc(C(=O)O)ccc21. The van der Waals surface area contributed by atoms with Crippen molar-refractivity contribution in [3.63, 3.8) is 0 Å². The zero-order valence-electron chi connectivity index (χ0n) is 16.8. The maximum atomic E-state index is 11.1. The molecule has 1 aliphatic rings. The molecule has 0 aliphatic heterocycles. The number of anilines is 2. The summed E-state index contributed by atoms with van der Waals surface area (Å²) in [7, 11) is 1.85. The highest BCUT2D eigenvalue weighted by molar-refractivity contribution is 5.93. The van der Waals surface area contributed by atoms with Crippen molar-refractivity contribution in [1.82, 2.24) is 14.5 Å². The Morgan fingerprint density at radius 3 is 2.62 bits per heavy atom. The van der Waals surface area contributed by atoms with E-state index in [0.717, 1.165) is 16.6 Å². The number of benzene rings is 2. The van der Waals surface area contributed by atoms with Gasteiger partial charge in [0.15, 0.2) is 5.58 Å². The van der Waals surface area contributed by atoms with Gasteiger partial charge in [-0.25, -0.2) is 9.78 Å². The lowest BCUT2D eigenvalue weighted by Gasteiger charge is -2.01. The minimum absolute atomic E-state index is 0.205. The quantitative estimate of drug-likeness (QED) is 0.480. The number of nitrogens with zero attached hydrogens (tertiary/aromatic N) is 3. The van der Waals surface area contributed by atoms with Crippen LogP contribution in [0.4, 0.5) is 12.0 Å². The number of imidazole rings is 1. The predicted octanol–water partition coefficient (Wildman–Crippen LogP) is 5.45. The second-order valence-corrected chi connectivity index (χ2v) is 7.36. The summed E-state index contributed by atoms with van der Waals surface area (Å²) in [5, 5.41) is 12.2. The maximum Gasteiger partial charge on any atom is 0.335 e. The van der Waals surface area contributed by atoms with Crippen molar-refractivity contribution < 1.29 is 14.3 Å². The summed E-state index contributed by atoms with van der Waals surface area (Å²) in [5.41, 5.74) is 4.47. The lowest BCUT2D eigenvalue weighted by molar-refractivity contribution is 0.0697. The number of carbonyl (C=O) groups is 1. The van der Waals surface area contributed by atoms with E-state index in [1.165, 1.54) is 24.8 Å². The molecule has 1 fully saturated rings. The molecule has 150 valence electrons. The maximum absolute atomic E-state index is 11.1. The van der Waals surface area contributed by atoms with E-state index in [2.05, 4.69) is 41.3 Å². The molecule has 0 saturated heterocycles. The fourth-order valence-corrected chi connectivity index (χ4v) is 3.21. The van der Waals surface area contributed by atoms with Gasteiger partial charge >= 0.3 is 12.0 Å². The molecule has 1 aliphatic carbocycles. The van der Waals surface area contributed by atoms with Crippen molar-refractivity contribution in [2.75, 3.05) is 5.32 Å². The molecule has 5 rings (SSSR count). The van der Waals surface area contributed by atoms with E-state index in [9.17, 15) is 4.79 Å². The normalized spacial score (nSPS) is 13.3. The highest BCUT2D eigenvalue weighted by Gasteiger charge is 2.24. The molecule has 7 nitrogen and oxygen atoms in total. The lowest BCUT2D eigenvalue weighted by atomic mass is 10.1. The number of hydrogen-bond donors (Lipinski definition) is 2. The molecule has 0 bridgehead atoms. The number of hydrogen-bond acceptors (Lipinski definition) is 5. The smallest absolute Gasteiger partial charge is 0.335 e. The predicted molar refractivity (Wildman–Crippen MR) is 113 cm³/mol. The molecule has 1 saturated carbocycles. The van der Waals surface area contributed by atoms with Crippen molar-refractivity contribution in [3.8, 4) is 0 Å². The topological polar surface area (TPSA) is 93.2 Å². The minimum atomic E-state index is -0.975. The number of nitrogens with one attached hydrogen (secondary N) is 1. The summed E-state index contributed by atoms with van der Waals surface area (Å²) in [4.78, 5) is 20.1. The first kappa shape index (κ1) is 19.0. The van der Waals surface area contributed by atoms with Crippen molar-refractivity contribution in [2.24, 2.45) is 7.05 Å². The van der Waals surface area contributed by atoms with Crippen LogP contribution in [0.15, 0.2) is 40.8 Å². The van der Waals surface area contributed by atoms with E-state index in [1.54, 1.807) is 18.2 Å². The molecule has 29 heavy (non-hydrogen) atoms. The van der Waals surface area contributed by atoms with Crippen LogP contribution in [0.25, 0.3) is 22.1 Å². The van der Waals surface area contributed by atoms with E-state index in [-0.39, 0.29) is 5.56 Å². The lowest BCUT2D eigenvalue weighted by Crippen LogP contribution is -1.99. The zero-order valence-corrected chi connectivity index (χ0v) is 16.8. The first-order chi connectivity index (χ1) is 14.0. The second-order valence-electron chi connectivity index (χ2n) is 7.36. The number of aromatic nitrogens is 3. The van der Waals surface area contributed by atoms with E-state index >= 15 is 0 Å². The fourth-order valence-electron chi connectivity index (χ4n) is 3.21. The molecular weight excluding hydrogens is 368 g/mol. The largest absolute Gasteiger partial charge is 0.478 e. The van der Waals surface area contributed by atoms with E-state index < -0.39 is 5.97 Å². The second kappa shape index (κ2) is 7.58. The fraction of sp³-hybridized carbons (Fsp3) is 0.318. The number of rotatable bonds is 4. The standard InChI is InChI=1S/C19H16N4O3.C3H8/c1-23-15-7-5-12(17(24)25)8-14(15)20-18(23)22-19-21-13-6-4-11(10-2-3-10)9-16(13)26-19;1-3-2/h4-10H,2-3H2,1H3,(H,24,25)(H,20,21,22);3H2,1-2H3. The van der Waals surface area contributed by atoms with Crippen LogP contribution in [0.5, 0.6) is 0 Å². The average molecular weight is 392 g/mol. The number of fused-ring (bicyclic) bond motifs is 2. The Morgan fingerprint density at radius 1 is 1.17 bits per heavy atom. The summed E-state index contributed by atoms with van der Waals surface area (Å²) in [6, 6.07) is 11.4. The summed E-state index contributed by atoms with van der Waals surface area (Å²) in [6.07, 6.45) is 3.73. The molecule has 2 heterocycles. The van der Waals surface area contributed by atoms with Crippen LogP contribution < -0.4 is 5.32 Å². The number of aryl methyl sites for hydroxylation is 1. The van der Waals surface area contributed by atoms with Gasteiger partial charge in [-0.3, -0.25) is 5.32 Å². The molecule has 2 aromatic carbocycles. The molecule has 4 aromatic rings. The van der Waals surface area contributed by atoms with Crippen LogP contribution in [0.1, 0.15) is 54.9 Å². The van der Waals surface area contributed by atoms with Crippen LogP contribution in [-0.2, 0) is 7.05 Å². The molecule has 2 aromatic heterocycles. The van der Waals surface area contributed by atoms with E-state index in [0.29, 0.717) is 23.4 Å². The van der Waals surface area contributed by atoms with Gasteiger partial charge in [-0.05, 0) is 54.7 Å². The third-order valence-corrected chi connectivity index (χ3v) is 4.81. The Bertz CT molecular complexity index is 1190. The van der Waals surface area contributed by atoms with Gasteiger partial charge < -0.3 is 14.1 Å². The summed E-state index contributed by atoms with van der Waals surface area (Å²) in [6.45, 7) is 4.25. The summed E-state index contributed by atoms with van der Waals surface area (Å²) >= 11 is 0. The van der Waals surface area contributed by atoms with Gasteiger partial charge in [-0.1, -0.05) is 26.3 Å². The minimum Gasteiger partial charge on any atom is -0.478 e. The highest BCUT2D eigenvalue weighted by atomic mass is 16.4. The van der Waals surface area contributed by atoms with Gasteiger partial charge in [-0.15, -0.1) is 0 Å². The van der Waals surface area contributed by atoms with Crippen molar-refractivity contribution in [3.05, 3.63) is 47.5 Å². The first-order valence-electron chi connectivity index (χ1n) is 9.87. The molecule has 0 atom stereocenters. The first-order valence-corrected chi connectivity index (χ1v) is 9.87. The van der Waals surface area contributed by atoms with Gasteiger partial charge in [0.2, 0.25) is 5.95 Å². The van der Waals surface area contributed by atoms with Gasteiger partial charge in [0.1, 0.15) is 5.52 Å². The Hall–Kier alpha value is -3.35. The van der Waals surface area contributed by atoms with Crippen LogP contribution in [-0.4, -0.2) is 25.6 Å². The number of carboxylic acids is 1. The monoisotopic (exact) mass is 392 g/mol. The van der Waals surface area contributed by atoms with Gasteiger partial charge in [0.25, 0.3) is 0 Å². The van der Waals surface area contributed by atoms with Gasteiger partial charge in [0.05, 0.1) is 16.6 Å². The average Bonchev–Trinajstić information content (AvgIpc) is 3.40. The molecule has 0 radical (unpaired) electrons. The Labute approximate surface area is 168 Å². The molecule has 0 amide bonds. The van der Waals surface area contributed by atoms with Crippen molar-refractivity contribution in [1.29, 1.82) is 0 Å². The summed E-state index contributed by atoms with van der Waals surface area (Å²) < 4.78 is 7.67. The van der Waals surface area contributed by atoms with Crippen LogP contribution >= 0.6 is 0 Å². The van der Waals surface area contributed by atoms with Crippen LogP contribution in [0.2, 0.25) is 0 Å². The number of aromatic carboxylic acids is 1. The third kappa shape index (κ3) is 3.81. The van der Waals surface area contributed by atoms with Crippen molar-refractivity contribution in [2.45, 2.75) is 39.0 Å². The Kier molecular flexibility index (Phi) is 4.96. The third-order valence-electron chi connectivity index (χ3n) is 4.81. The van der Waals surface area contributed by atoms with Crippen LogP contribution in [0, 0.1) is 0 Å². The van der Waals surface area contributed by atoms with E-state index in [4.69, 9.17) is 9.52 Å². The Balaban J connectivity index is 0.000000645. The van der Waals surface area contributed by atoms with Crippen LogP contribution in [0.3, 0.4) is 0 Å². The molecule has 0 spiro atoms. The highest BCUT2D eigenvalue weighted by Crippen LogP contribution is 2.41. The zero-order chi connectivity index (χ0) is 20.5.